The molecular formula is C14H15Cl2N3OS. The largest absolute Gasteiger partial charge is 0.300 e. The molecule has 21 heavy (non-hydrogen) atoms. The Labute approximate surface area is 137 Å². The Kier molecular flexibility index (Phi) is 4.86. The average Bonchev–Trinajstić information content (AvgIpc) is 2.80. The van der Waals surface area contributed by atoms with Crippen molar-refractivity contribution in [1.29, 1.82) is 0 Å². The fraction of sp³-hybridized carbons (Fsp3) is 0.357. The van der Waals surface area contributed by atoms with Gasteiger partial charge in [0.15, 0.2) is 0 Å². The highest BCUT2D eigenvalue weighted by molar-refractivity contribution is 7.15. The van der Waals surface area contributed by atoms with Gasteiger partial charge in [-0.05, 0) is 17.7 Å². The van der Waals surface area contributed by atoms with Gasteiger partial charge in [-0.3, -0.25) is 4.79 Å². The lowest BCUT2D eigenvalue weighted by atomic mass is 9.96. The van der Waals surface area contributed by atoms with Gasteiger partial charge in [0, 0.05) is 11.8 Å². The van der Waals surface area contributed by atoms with Crippen molar-refractivity contribution in [2.24, 2.45) is 5.41 Å². The summed E-state index contributed by atoms with van der Waals surface area (Å²) in [6, 6.07) is 5.45. The Bertz CT molecular complexity index is 664. The van der Waals surface area contributed by atoms with Gasteiger partial charge in [0.05, 0.1) is 10.0 Å². The Morgan fingerprint density at radius 3 is 2.57 bits per heavy atom. The summed E-state index contributed by atoms with van der Waals surface area (Å²) in [6.45, 7) is 5.54. The number of anilines is 1. The first-order valence-electron chi connectivity index (χ1n) is 6.33. The Morgan fingerprint density at radius 1 is 1.24 bits per heavy atom. The van der Waals surface area contributed by atoms with Gasteiger partial charge < -0.3 is 5.32 Å². The van der Waals surface area contributed by atoms with E-state index in [1.165, 1.54) is 11.3 Å². The van der Waals surface area contributed by atoms with Crippen LogP contribution in [0.25, 0.3) is 0 Å². The molecule has 0 saturated carbocycles. The minimum Gasteiger partial charge on any atom is -0.300 e. The van der Waals surface area contributed by atoms with Gasteiger partial charge in [-0.2, -0.15) is 0 Å². The minimum absolute atomic E-state index is 0.0836. The van der Waals surface area contributed by atoms with E-state index in [2.05, 4.69) is 15.5 Å². The molecule has 0 aliphatic rings. The summed E-state index contributed by atoms with van der Waals surface area (Å²) in [4.78, 5) is 11.9. The number of carbonyl (C=O) groups excluding carboxylic acids is 1. The molecule has 1 heterocycles. The molecule has 0 radical (unpaired) electrons. The van der Waals surface area contributed by atoms with Gasteiger partial charge in [0.1, 0.15) is 5.01 Å². The molecule has 0 unspecified atom stereocenters. The number of nitrogens with zero attached hydrogens (tertiary/aromatic N) is 2. The zero-order valence-electron chi connectivity index (χ0n) is 11.9. The Balaban J connectivity index is 2.06. The maximum Gasteiger partial charge on any atom is 0.231 e. The molecule has 1 aromatic heterocycles. The molecule has 0 spiro atoms. The van der Waals surface area contributed by atoms with Crippen LogP contribution in [0.15, 0.2) is 18.2 Å². The molecule has 0 bridgehead atoms. The van der Waals surface area contributed by atoms with E-state index in [9.17, 15) is 4.79 Å². The van der Waals surface area contributed by atoms with Crippen molar-refractivity contribution in [2.75, 3.05) is 5.32 Å². The van der Waals surface area contributed by atoms with Crippen molar-refractivity contribution in [3.63, 3.8) is 0 Å². The van der Waals surface area contributed by atoms with Gasteiger partial charge in [0.2, 0.25) is 11.0 Å². The summed E-state index contributed by atoms with van der Waals surface area (Å²) < 4.78 is 0. The first-order chi connectivity index (χ1) is 9.75. The van der Waals surface area contributed by atoms with E-state index in [4.69, 9.17) is 23.2 Å². The van der Waals surface area contributed by atoms with E-state index < -0.39 is 5.41 Å². The predicted molar refractivity (Wildman–Crippen MR) is 87.3 cm³/mol. The number of benzene rings is 1. The molecule has 112 valence electrons. The van der Waals surface area contributed by atoms with Crippen molar-refractivity contribution in [1.82, 2.24) is 10.2 Å². The molecule has 2 rings (SSSR count). The molecule has 1 amide bonds. The number of hydrogen-bond acceptors (Lipinski definition) is 4. The van der Waals surface area contributed by atoms with E-state index in [1.807, 2.05) is 26.8 Å². The van der Waals surface area contributed by atoms with Crippen LogP contribution in [0.1, 0.15) is 31.3 Å². The highest BCUT2D eigenvalue weighted by atomic mass is 35.5. The number of aromatic nitrogens is 2. The van der Waals surface area contributed by atoms with Crippen LogP contribution in [0.2, 0.25) is 10.0 Å². The summed E-state index contributed by atoms with van der Waals surface area (Å²) in [5.74, 6) is -0.0836. The first kappa shape index (κ1) is 16.2. The standard InChI is InChI=1S/C14H15Cl2N3OS/c1-14(2,3)12(20)17-13-19-18-11(21-13)7-8-4-5-9(15)10(16)6-8/h4-6H,7H2,1-3H3,(H,17,19,20). The summed E-state index contributed by atoms with van der Waals surface area (Å²) in [5, 5.41) is 13.2. The van der Waals surface area contributed by atoms with Crippen LogP contribution in [0.5, 0.6) is 0 Å². The molecular weight excluding hydrogens is 329 g/mol. The van der Waals surface area contributed by atoms with Gasteiger partial charge >= 0.3 is 0 Å². The number of amides is 1. The molecule has 2 aromatic rings. The molecule has 0 saturated heterocycles. The van der Waals surface area contributed by atoms with Crippen LogP contribution in [0.4, 0.5) is 5.13 Å². The number of nitrogens with one attached hydrogen (secondary N) is 1. The van der Waals surface area contributed by atoms with Gasteiger partial charge in [-0.1, -0.05) is 61.4 Å². The molecule has 1 aromatic carbocycles. The second kappa shape index (κ2) is 6.30. The van der Waals surface area contributed by atoms with E-state index in [1.54, 1.807) is 12.1 Å². The van der Waals surface area contributed by atoms with Gasteiger partial charge in [-0.25, -0.2) is 0 Å². The summed E-state index contributed by atoms with van der Waals surface area (Å²) >= 11 is 13.2. The average molecular weight is 344 g/mol. The number of rotatable bonds is 3. The molecule has 1 N–H and O–H groups in total. The fourth-order valence-electron chi connectivity index (χ4n) is 1.48. The van der Waals surface area contributed by atoms with Crippen molar-refractivity contribution in [3.05, 3.63) is 38.8 Å². The summed E-state index contributed by atoms with van der Waals surface area (Å²) in [6.07, 6.45) is 0.597. The monoisotopic (exact) mass is 343 g/mol. The van der Waals surface area contributed by atoms with Crippen molar-refractivity contribution in [2.45, 2.75) is 27.2 Å². The lowest BCUT2D eigenvalue weighted by Crippen LogP contribution is -2.27. The lowest BCUT2D eigenvalue weighted by Gasteiger charge is -2.15. The van der Waals surface area contributed by atoms with Crippen LogP contribution in [-0.4, -0.2) is 16.1 Å². The molecule has 4 nitrogen and oxygen atoms in total. The van der Waals surface area contributed by atoms with E-state index in [0.29, 0.717) is 21.6 Å². The molecule has 0 aliphatic carbocycles. The normalized spacial score (nSPS) is 11.5. The summed E-state index contributed by atoms with van der Waals surface area (Å²) in [7, 11) is 0. The van der Waals surface area contributed by atoms with Gasteiger partial charge in [0.25, 0.3) is 0 Å². The molecule has 0 fully saturated rings. The summed E-state index contributed by atoms with van der Waals surface area (Å²) in [5.41, 5.74) is 0.532. The maximum atomic E-state index is 11.9. The predicted octanol–water partition coefficient (Wildman–Crippen LogP) is 4.42. The number of hydrogen-bond donors (Lipinski definition) is 1. The van der Waals surface area contributed by atoms with E-state index in [-0.39, 0.29) is 5.91 Å². The van der Waals surface area contributed by atoms with Crippen LogP contribution in [-0.2, 0) is 11.2 Å². The van der Waals surface area contributed by atoms with Crippen LogP contribution < -0.4 is 5.32 Å². The quantitative estimate of drug-likeness (QED) is 0.897. The third-order valence-electron chi connectivity index (χ3n) is 2.71. The molecule has 7 heteroatoms. The second-order valence-electron chi connectivity index (χ2n) is 5.63. The fourth-order valence-corrected chi connectivity index (χ4v) is 2.57. The molecule has 0 atom stereocenters. The van der Waals surface area contributed by atoms with E-state index in [0.717, 1.165) is 10.6 Å². The molecule has 0 aliphatic heterocycles. The lowest BCUT2D eigenvalue weighted by molar-refractivity contribution is -0.123. The first-order valence-corrected chi connectivity index (χ1v) is 7.91. The van der Waals surface area contributed by atoms with Crippen molar-refractivity contribution >= 4 is 45.6 Å². The van der Waals surface area contributed by atoms with E-state index >= 15 is 0 Å². The van der Waals surface area contributed by atoms with Crippen molar-refractivity contribution < 1.29 is 4.79 Å². The zero-order chi connectivity index (χ0) is 15.6. The topological polar surface area (TPSA) is 54.9 Å². The maximum absolute atomic E-state index is 11.9. The Morgan fingerprint density at radius 2 is 1.95 bits per heavy atom. The van der Waals surface area contributed by atoms with Gasteiger partial charge in [-0.15, -0.1) is 10.2 Å². The Hall–Kier alpha value is -1.17. The second-order valence-corrected chi connectivity index (χ2v) is 7.51. The third kappa shape index (κ3) is 4.40. The number of halogens is 2. The number of carbonyl (C=O) groups is 1. The zero-order valence-corrected chi connectivity index (χ0v) is 14.2. The third-order valence-corrected chi connectivity index (χ3v) is 4.29. The highest BCUT2D eigenvalue weighted by Gasteiger charge is 2.22. The van der Waals surface area contributed by atoms with Crippen LogP contribution >= 0.6 is 34.5 Å². The van der Waals surface area contributed by atoms with Crippen LogP contribution in [0.3, 0.4) is 0 Å². The smallest absolute Gasteiger partial charge is 0.231 e. The SMILES string of the molecule is CC(C)(C)C(=O)Nc1nnc(Cc2ccc(Cl)c(Cl)c2)s1. The van der Waals surface area contributed by atoms with Crippen molar-refractivity contribution in [3.8, 4) is 0 Å². The highest BCUT2D eigenvalue weighted by Crippen LogP contribution is 2.26. The van der Waals surface area contributed by atoms with Crippen LogP contribution in [0, 0.1) is 5.41 Å². The minimum atomic E-state index is -0.463.